The number of halogens is 1. The van der Waals surface area contributed by atoms with Crippen LogP contribution in [0, 0.1) is 0 Å². The Kier molecular flexibility index (Phi) is 3.77. The van der Waals surface area contributed by atoms with E-state index in [1.54, 1.807) is 31.2 Å². The average Bonchev–Trinajstić information content (AvgIpc) is 2.97. The molecule has 2 heterocycles. The largest absolute Gasteiger partial charge is 0.336 e. The number of nitrogens with zero attached hydrogens (tertiary/aromatic N) is 3. The molecule has 0 spiro atoms. The number of fused-ring (bicyclic) bond motifs is 1. The van der Waals surface area contributed by atoms with Crippen molar-refractivity contribution in [3.05, 3.63) is 67.2 Å². The van der Waals surface area contributed by atoms with E-state index >= 15 is 0 Å². The Morgan fingerprint density at radius 3 is 2.52 bits per heavy atom. The maximum atomic E-state index is 12.6. The highest BCUT2D eigenvalue weighted by molar-refractivity contribution is 9.10. The summed E-state index contributed by atoms with van der Waals surface area (Å²) in [7, 11) is 1.51. The fourth-order valence-electron chi connectivity index (χ4n) is 2.43. The number of nitrogens with one attached hydrogen (secondary N) is 1. The summed E-state index contributed by atoms with van der Waals surface area (Å²) in [6, 6.07) is 6.99. The SMILES string of the molecule is C[C@H](C(=O)c1ccc(Br)cc1)c1cnc2n(C)c(=O)[nH]c(=O)n12. The first-order valence-corrected chi connectivity index (χ1v) is 7.66. The molecule has 1 N–H and O–H groups in total. The van der Waals surface area contributed by atoms with Gasteiger partial charge in [0.1, 0.15) is 0 Å². The third-order valence-corrected chi connectivity index (χ3v) is 4.29. The molecule has 1 atom stereocenters. The van der Waals surface area contributed by atoms with E-state index in [0.29, 0.717) is 11.3 Å². The predicted octanol–water partition coefficient (Wildman–Crippen LogP) is 1.47. The predicted molar refractivity (Wildman–Crippen MR) is 87.9 cm³/mol. The van der Waals surface area contributed by atoms with Crippen LogP contribution in [-0.2, 0) is 7.05 Å². The molecule has 0 aliphatic rings. The number of Topliss-reactive ketones (excluding diaryl/α,β-unsaturated/α-hetero) is 1. The van der Waals surface area contributed by atoms with Crippen LogP contribution in [0.25, 0.3) is 5.78 Å². The highest BCUT2D eigenvalue weighted by Gasteiger charge is 2.22. The molecule has 23 heavy (non-hydrogen) atoms. The van der Waals surface area contributed by atoms with E-state index in [4.69, 9.17) is 0 Å². The number of rotatable bonds is 3. The summed E-state index contributed by atoms with van der Waals surface area (Å²) in [6.07, 6.45) is 1.45. The maximum absolute atomic E-state index is 12.6. The highest BCUT2D eigenvalue weighted by atomic mass is 79.9. The van der Waals surface area contributed by atoms with Crippen LogP contribution in [0.3, 0.4) is 0 Å². The van der Waals surface area contributed by atoms with E-state index in [2.05, 4.69) is 25.9 Å². The third-order valence-electron chi connectivity index (χ3n) is 3.76. The Morgan fingerprint density at radius 2 is 1.87 bits per heavy atom. The van der Waals surface area contributed by atoms with Crippen molar-refractivity contribution in [2.45, 2.75) is 12.8 Å². The molecule has 7 nitrogen and oxygen atoms in total. The lowest BCUT2D eigenvalue weighted by Crippen LogP contribution is -2.34. The molecule has 0 saturated carbocycles. The van der Waals surface area contributed by atoms with Gasteiger partial charge in [0.05, 0.1) is 17.8 Å². The molecule has 0 fully saturated rings. The van der Waals surface area contributed by atoms with E-state index in [9.17, 15) is 14.4 Å². The minimum absolute atomic E-state index is 0.132. The second kappa shape index (κ2) is 5.62. The van der Waals surface area contributed by atoms with Gasteiger partial charge in [-0.25, -0.2) is 19.0 Å². The lowest BCUT2D eigenvalue weighted by Gasteiger charge is -2.10. The summed E-state index contributed by atoms with van der Waals surface area (Å²) in [5.74, 6) is -0.512. The van der Waals surface area contributed by atoms with Crippen molar-refractivity contribution in [1.29, 1.82) is 0 Å². The van der Waals surface area contributed by atoms with Gasteiger partial charge in [-0.1, -0.05) is 28.1 Å². The van der Waals surface area contributed by atoms with Crippen molar-refractivity contribution < 1.29 is 4.79 Å². The van der Waals surface area contributed by atoms with E-state index in [-0.39, 0.29) is 11.6 Å². The second-order valence-electron chi connectivity index (χ2n) is 5.21. The maximum Gasteiger partial charge on any atom is 0.336 e. The monoisotopic (exact) mass is 376 g/mol. The number of carbonyl (C=O) groups excluding carboxylic acids is 1. The van der Waals surface area contributed by atoms with Gasteiger partial charge in [0, 0.05) is 17.1 Å². The first-order chi connectivity index (χ1) is 10.9. The number of hydrogen-bond acceptors (Lipinski definition) is 4. The number of ketones is 1. The van der Waals surface area contributed by atoms with Gasteiger partial charge < -0.3 is 0 Å². The van der Waals surface area contributed by atoms with Crippen LogP contribution in [-0.4, -0.2) is 24.7 Å². The van der Waals surface area contributed by atoms with E-state index < -0.39 is 17.3 Å². The van der Waals surface area contributed by atoms with E-state index in [1.807, 2.05) is 0 Å². The average molecular weight is 377 g/mol. The minimum Gasteiger partial charge on any atom is -0.293 e. The Bertz CT molecular complexity index is 1010. The molecule has 3 rings (SSSR count). The zero-order valence-corrected chi connectivity index (χ0v) is 14.0. The van der Waals surface area contributed by atoms with Crippen LogP contribution in [0.1, 0.15) is 28.9 Å². The van der Waals surface area contributed by atoms with Crippen molar-refractivity contribution in [3.8, 4) is 0 Å². The molecule has 2 aromatic heterocycles. The standard InChI is InChI=1S/C15H13BrN4O3/c1-8(12(21)9-3-5-10(16)6-4-9)11-7-17-13-19(2)14(22)18-15(23)20(11)13/h3-8H,1-2H3,(H,18,22,23)/t8-/m0/s1. The zero-order chi connectivity index (χ0) is 16.7. The molecule has 3 aromatic rings. The second-order valence-corrected chi connectivity index (χ2v) is 6.12. The molecule has 0 amide bonds. The summed E-state index contributed by atoms with van der Waals surface area (Å²) in [4.78, 5) is 42.6. The number of H-pyrrole nitrogens is 1. The molecule has 0 saturated heterocycles. The summed E-state index contributed by atoms with van der Waals surface area (Å²) in [5, 5.41) is 0. The first-order valence-electron chi connectivity index (χ1n) is 6.86. The van der Waals surface area contributed by atoms with Crippen molar-refractivity contribution in [1.82, 2.24) is 18.9 Å². The van der Waals surface area contributed by atoms with Crippen molar-refractivity contribution in [3.63, 3.8) is 0 Å². The van der Waals surface area contributed by atoms with E-state index in [1.165, 1.54) is 22.2 Å². The number of aryl methyl sites for hydroxylation is 1. The van der Waals surface area contributed by atoms with E-state index in [0.717, 1.165) is 4.47 Å². The van der Waals surface area contributed by atoms with Gasteiger partial charge in [-0.2, -0.15) is 0 Å². The minimum atomic E-state index is -0.606. The normalized spacial score (nSPS) is 12.5. The Labute approximate surface area is 138 Å². The van der Waals surface area contributed by atoms with Gasteiger partial charge in [0.2, 0.25) is 5.78 Å². The van der Waals surface area contributed by atoms with Gasteiger partial charge in [0.15, 0.2) is 5.78 Å². The highest BCUT2D eigenvalue weighted by Crippen LogP contribution is 2.21. The first kappa shape index (κ1) is 15.4. The summed E-state index contributed by atoms with van der Waals surface area (Å²) in [6.45, 7) is 1.71. The lowest BCUT2D eigenvalue weighted by molar-refractivity contribution is 0.0964. The molecular weight excluding hydrogens is 364 g/mol. The number of aromatic nitrogens is 4. The quantitative estimate of drug-likeness (QED) is 0.700. The molecule has 0 unspecified atom stereocenters. The molecule has 8 heteroatoms. The third kappa shape index (κ3) is 2.55. The number of imidazole rings is 1. The Balaban J connectivity index is 2.11. The number of aromatic amines is 1. The fourth-order valence-corrected chi connectivity index (χ4v) is 2.69. The van der Waals surface area contributed by atoms with Crippen LogP contribution >= 0.6 is 15.9 Å². The van der Waals surface area contributed by atoms with Crippen LogP contribution in [0.5, 0.6) is 0 Å². The number of carbonyl (C=O) groups is 1. The molecular formula is C15H13BrN4O3. The molecule has 0 aliphatic heterocycles. The molecule has 0 radical (unpaired) electrons. The Hall–Kier alpha value is -2.48. The van der Waals surface area contributed by atoms with Gasteiger partial charge in [-0.05, 0) is 19.1 Å². The van der Waals surface area contributed by atoms with Gasteiger partial charge >= 0.3 is 11.4 Å². The lowest BCUT2D eigenvalue weighted by atomic mass is 9.97. The Morgan fingerprint density at radius 1 is 1.22 bits per heavy atom. The summed E-state index contributed by atoms with van der Waals surface area (Å²) >= 11 is 3.32. The fraction of sp³-hybridized carbons (Fsp3) is 0.200. The van der Waals surface area contributed by atoms with Crippen molar-refractivity contribution in [2.75, 3.05) is 0 Å². The van der Waals surface area contributed by atoms with Crippen molar-refractivity contribution in [2.24, 2.45) is 7.05 Å². The van der Waals surface area contributed by atoms with Gasteiger partial charge in [-0.15, -0.1) is 0 Å². The topological polar surface area (TPSA) is 89.2 Å². The van der Waals surface area contributed by atoms with Gasteiger partial charge in [0.25, 0.3) is 0 Å². The smallest absolute Gasteiger partial charge is 0.293 e. The van der Waals surface area contributed by atoms with Crippen LogP contribution in [0.2, 0.25) is 0 Å². The van der Waals surface area contributed by atoms with Crippen LogP contribution < -0.4 is 11.4 Å². The van der Waals surface area contributed by atoms with Crippen molar-refractivity contribution >= 4 is 27.5 Å². The molecule has 118 valence electrons. The summed E-state index contributed by atoms with van der Waals surface area (Å²) < 4.78 is 3.35. The molecule has 0 aliphatic carbocycles. The van der Waals surface area contributed by atoms with Crippen LogP contribution in [0.4, 0.5) is 0 Å². The zero-order valence-electron chi connectivity index (χ0n) is 12.4. The number of hydrogen-bond donors (Lipinski definition) is 1. The van der Waals surface area contributed by atoms with Crippen LogP contribution in [0.15, 0.2) is 44.5 Å². The molecule has 1 aromatic carbocycles. The summed E-state index contributed by atoms with van der Waals surface area (Å²) in [5.41, 5.74) is -0.181. The van der Waals surface area contributed by atoms with Gasteiger partial charge in [-0.3, -0.25) is 14.3 Å². The molecule has 0 bridgehead atoms. The number of benzene rings is 1.